The van der Waals surface area contributed by atoms with Crippen LogP contribution in [0.25, 0.3) is 0 Å². The Morgan fingerprint density at radius 2 is 2.12 bits per heavy atom. The van der Waals surface area contributed by atoms with Gasteiger partial charge in [0.25, 0.3) is 5.91 Å². The first-order valence-electron chi connectivity index (χ1n) is 5.51. The summed E-state index contributed by atoms with van der Waals surface area (Å²) < 4.78 is 5.10. The number of aromatic nitrogens is 1. The summed E-state index contributed by atoms with van der Waals surface area (Å²) in [6.45, 7) is 0.978. The van der Waals surface area contributed by atoms with Crippen LogP contribution in [0, 0.1) is 0 Å². The van der Waals surface area contributed by atoms with Crippen molar-refractivity contribution in [2.75, 3.05) is 20.2 Å². The van der Waals surface area contributed by atoms with Gasteiger partial charge in [-0.25, -0.2) is 0 Å². The van der Waals surface area contributed by atoms with E-state index in [9.17, 15) is 9.59 Å². The highest BCUT2D eigenvalue weighted by molar-refractivity contribution is 5.97. The molecule has 1 aliphatic rings. The number of pyridine rings is 1. The Morgan fingerprint density at radius 1 is 1.41 bits per heavy atom. The van der Waals surface area contributed by atoms with Crippen LogP contribution in [0.2, 0.25) is 0 Å². The molecular formula is C12H14N2O3. The summed E-state index contributed by atoms with van der Waals surface area (Å²) in [5.41, 5.74) is 0.497. The lowest BCUT2D eigenvalue weighted by Crippen LogP contribution is -2.38. The molecule has 90 valence electrons. The highest BCUT2D eigenvalue weighted by Gasteiger charge is 2.23. The molecule has 1 saturated heterocycles. The number of carbonyl (C=O) groups excluding carboxylic acids is 2. The normalized spacial score (nSPS) is 15.8. The molecule has 0 radical (unpaired) electrons. The maximum absolute atomic E-state index is 12.2. The van der Waals surface area contributed by atoms with Crippen molar-refractivity contribution < 1.29 is 14.3 Å². The number of rotatable bonds is 2. The summed E-state index contributed by atoms with van der Waals surface area (Å²) >= 11 is 0. The van der Waals surface area contributed by atoms with Crippen molar-refractivity contribution in [2.24, 2.45) is 0 Å². The quantitative estimate of drug-likeness (QED) is 0.762. The zero-order valence-electron chi connectivity index (χ0n) is 9.68. The van der Waals surface area contributed by atoms with Gasteiger partial charge in [0.05, 0.1) is 18.9 Å². The van der Waals surface area contributed by atoms with Crippen LogP contribution in [-0.2, 0) is 4.79 Å². The van der Waals surface area contributed by atoms with Crippen molar-refractivity contribution >= 4 is 11.7 Å². The van der Waals surface area contributed by atoms with E-state index >= 15 is 0 Å². The van der Waals surface area contributed by atoms with Crippen LogP contribution in [0.1, 0.15) is 23.2 Å². The lowest BCUT2D eigenvalue weighted by Gasteiger charge is -2.26. The summed E-state index contributed by atoms with van der Waals surface area (Å²) in [6, 6.07) is 1.64. The van der Waals surface area contributed by atoms with E-state index in [0.717, 1.165) is 0 Å². The van der Waals surface area contributed by atoms with Gasteiger partial charge < -0.3 is 9.64 Å². The van der Waals surface area contributed by atoms with Gasteiger partial charge in [0.2, 0.25) is 0 Å². The van der Waals surface area contributed by atoms with E-state index in [1.165, 1.54) is 13.3 Å². The lowest BCUT2D eigenvalue weighted by molar-refractivity contribution is -0.120. The van der Waals surface area contributed by atoms with Gasteiger partial charge in [-0.3, -0.25) is 14.6 Å². The van der Waals surface area contributed by atoms with Gasteiger partial charge in [-0.05, 0) is 6.07 Å². The minimum Gasteiger partial charge on any atom is -0.494 e. The van der Waals surface area contributed by atoms with Crippen LogP contribution < -0.4 is 4.74 Å². The van der Waals surface area contributed by atoms with Crippen molar-refractivity contribution in [1.82, 2.24) is 9.88 Å². The molecule has 0 saturated carbocycles. The molecule has 0 bridgehead atoms. The predicted octanol–water partition coefficient (Wildman–Crippen LogP) is 0.895. The first kappa shape index (κ1) is 11.6. The number of ketones is 1. The second kappa shape index (κ2) is 4.95. The molecule has 0 atom stereocenters. The van der Waals surface area contributed by atoms with Gasteiger partial charge in [-0.15, -0.1) is 0 Å². The number of nitrogens with zero attached hydrogens (tertiary/aromatic N) is 2. The molecule has 0 unspecified atom stereocenters. The van der Waals surface area contributed by atoms with Crippen LogP contribution in [0.3, 0.4) is 0 Å². The van der Waals surface area contributed by atoms with Crippen LogP contribution in [0.4, 0.5) is 0 Å². The number of amides is 1. The Hall–Kier alpha value is -1.91. The fraction of sp³-hybridized carbons (Fsp3) is 0.417. The van der Waals surface area contributed by atoms with E-state index < -0.39 is 0 Å². The Bertz CT molecular complexity index is 435. The predicted molar refractivity (Wildman–Crippen MR) is 60.9 cm³/mol. The Balaban J connectivity index is 2.16. The Labute approximate surface area is 99.4 Å². The van der Waals surface area contributed by atoms with Gasteiger partial charge in [0, 0.05) is 32.1 Å². The van der Waals surface area contributed by atoms with Gasteiger partial charge in [0.15, 0.2) is 0 Å². The van der Waals surface area contributed by atoms with E-state index in [-0.39, 0.29) is 11.7 Å². The maximum atomic E-state index is 12.2. The third kappa shape index (κ3) is 2.43. The summed E-state index contributed by atoms with van der Waals surface area (Å²) in [6.07, 6.45) is 3.96. The molecule has 0 N–H and O–H groups in total. The fourth-order valence-corrected chi connectivity index (χ4v) is 1.85. The van der Waals surface area contributed by atoms with E-state index in [2.05, 4.69) is 4.98 Å². The molecule has 5 heteroatoms. The number of ether oxygens (including phenoxy) is 1. The van der Waals surface area contributed by atoms with E-state index in [0.29, 0.717) is 37.2 Å². The topological polar surface area (TPSA) is 59.5 Å². The molecule has 0 spiro atoms. The van der Waals surface area contributed by atoms with E-state index in [1.807, 2.05) is 0 Å². The van der Waals surface area contributed by atoms with Crippen molar-refractivity contribution in [3.8, 4) is 5.75 Å². The second-order valence-corrected chi connectivity index (χ2v) is 3.91. The van der Waals surface area contributed by atoms with Gasteiger partial charge >= 0.3 is 0 Å². The summed E-state index contributed by atoms with van der Waals surface area (Å²) in [5.74, 6) is 0.585. The van der Waals surface area contributed by atoms with Gasteiger partial charge in [-0.1, -0.05) is 0 Å². The highest BCUT2D eigenvalue weighted by Crippen LogP contribution is 2.19. The number of hydrogen-bond donors (Lipinski definition) is 0. The third-order valence-electron chi connectivity index (χ3n) is 2.84. The summed E-state index contributed by atoms with van der Waals surface area (Å²) in [5, 5.41) is 0. The van der Waals surface area contributed by atoms with E-state index in [1.54, 1.807) is 17.2 Å². The molecule has 1 aliphatic heterocycles. The fourth-order valence-electron chi connectivity index (χ4n) is 1.85. The van der Waals surface area contributed by atoms with Crippen molar-refractivity contribution in [3.05, 3.63) is 24.0 Å². The van der Waals surface area contributed by atoms with E-state index in [4.69, 9.17) is 4.74 Å². The standard InChI is InChI=1S/C12H14N2O3/c1-17-11-8-13-5-2-10(11)12(16)14-6-3-9(15)4-7-14/h2,5,8H,3-4,6-7H2,1H3. The molecule has 1 fully saturated rings. The molecule has 1 amide bonds. The maximum Gasteiger partial charge on any atom is 0.257 e. The first-order valence-corrected chi connectivity index (χ1v) is 5.51. The number of likely N-dealkylation sites (tertiary alicyclic amines) is 1. The Kier molecular flexibility index (Phi) is 3.37. The Morgan fingerprint density at radius 3 is 2.76 bits per heavy atom. The number of piperidine rings is 1. The number of methoxy groups -OCH3 is 1. The SMILES string of the molecule is COc1cnccc1C(=O)N1CCC(=O)CC1. The second-order valence-electron chi connectivity index (χ2n) is 3.91. The van der Waals surface area contributed by atoms with Crippen LogP contribution in [-0.4, -0.2) is 41.8 Å². The minimum atomic E-state index is -0.100. The monoisotopic (exact) mass is 234 g/mol. The molecule has 1 aromatic heterocycles. The largest absolute Gasteiger partial charge is 0.494 e. The summed E-state index contributed by atoms with van der Waals surface area (Å²) in [4.78, 5) is 28.9. The highest BCUT2D eigenvalue weighted by atomic mass is 16.5. The zero-order valence-corrected chi connectivity index (χ0v) is 9.68. The van der Waals surface area contributed by atoms with Gasteiger partial charge in [0.1, 0.15) is 11.5 Å². The molecule has 2 heterocycles. The molecule has 2 rings (SSSR count). The van der Waals surface area contributed by atoms with Crippen LogP contribution in [0.15, 0.2) is 18.5 Å². The smallest absolute Gasteiger partial charge is 0.257 e. The summed E-state index contributed by atoms with van der Waals surface area (Å²) in [7, 11) is 1.51. The molecule has 0 aliphatic carbocycles. The molecule has 1 aromatic rings. The average Bonchev–Trinajstić information content (AvgIpc) is 2.39. The van der Waals surface area contributed by atoms with Crippen LogP contribution >= 0.6 is 0 Å². The van der Waals surface area contributed by atoms with Crippen molar-refractivity contribution in [2.45, 2.75) is 12.8 Å². The minimum absolute atomic E-state index is 0.100. The number of carbonyl (C=O) groups is 2. The first-order chi connectivity index (χ1) is 8.22. The third-order valence-corrected chi connectivity index (χ3v) is 2.84. The molecule has 17 heavy (non-hydrogen) atoms. The average molecular weight is 234 g/mol. The molecule has 0 aromatic carbocycles. The zero-order chi connectivity index (χ0) is 12.3. The number of Topliss-reactive ketones (excluding diaryl/α,β-unsaturated/α-hetero) is 1. The van der Waals surface area contributed by atoms with Crippen molar-refractivity contribution in [3.63, 3.8) is 0 Å². The molecule has 5 nitrogen and oxygen atoms in total. The van der Waals surface area contributed by atoms with Gasteiger partial charge in [-0.2, -0.15) is 0 Å². The lowest BCUT2D eigenvalue weighted by atomic mass is 10.1. The number of hydrogen-bond acceptors (Lipinski definition) is 4. The van der Waals surface area contributed by atoms with Crippen molar-refractivity contribution in [1.29, 1.82) is 0 Å². The molecular weight excluding hydrogens is 220 g/mol. The van der Waals surface area contributed by atoms with Crippen LogP contribution in [0.5, 0.6) is 5.75 Å².